The first-order chi connectivity index (χ1) is 16.2. The van der Waals surface area contributed by atoms with Crippen molar-refractivity contribution >= 4 is 17.7 Å². The molecule has 0 aliphatic rings. The summed E-state index contributed by atoms with van der Waals surface area (Å²) < 4.78 is 11.0. The van der Waals surface area contributed by atoms with E-state index in [1.165, 1.54) is 7.11 Å². The van der Waals surface area contributed by atoms with Crippen LogP contribution in [0.5, 0.6) is 11.5 Å². The molecule has 0 spiro atoms. The zero-order valence-corrected chi connectivity index (χ0v) is 20.6. The molecule has 8 nitrogen and oxygen atoms in total. The minimum absolute atomic E-state index is 0.00706. The lowest BCUT2D eigenvalue weighted by Gasteiger charge is -2.19. The van der Waals surface area contributed by atoms with E-state index in [-0.39, 0.29) is 24.3 Å². The molecule has 3 N–H and O–H groups in total. The molecule has 0 aliphatic carbocycles. The highest BCUT2D eigenvalue weighted by Crippen LogP contribution is 2.28. The summed E-state index contributed by atoms with van der Waals surface area (Å²) in [4.78, 5) is 36.7. The molecule has 0 fully saturated rings. The predicted molar refractivity (Wildman–Crippen MR) is 131 cm³/mol. The Balaban J connectivity index is 1.78. The van der Waals surface area contributed by atoms with Crippen LogP contribution < -0.4 is 25.6 Å². The minimum Gasteiger partial charge on any atom is -0.493 e. The molecule has 0 atom stereocenters. The maximum atomic E-state index is 12.4. The summed E-state index contributed by atoms with van der Waals surface area (Å²) in [5.74, 6) is -0.183. The Morgan fingerprint density at radius 2 is 1.56 bits per heavy atom. The Kier molecular flexibility index (Phi) is 9.92. The highest BCUT2D eigenvalue weighted by Gasteiger charge is 2.15. The first-order valence-corrected chi connectivity index (χ1v) is 11.4. The van der Waals surface area contributed by atoms with Crippen LogP contribution in [-0.4, -0.2) is 38.0 Å². The molecule has 2 aromatic carbocycles. The van der Waals surface area contributed by atoms with Gasteiger partial charge >= 0.3 is 0 Å². The number of hydrogen-bond donors (Lipinski definition) is 3. The number of ether oxygens (including phenoxy) is 2. The van der Waals surface area contributed by atoms with E-state index >= 15 is 0 Å². The standard InChI is InChI=1S/C26H35N3O5/c1-6-7-16-34-21-13-10-19(17-22(21)33-5)25(32)29-28-23(30)14-15-27-24(31)18-8-11-20(12-9-18)26(2,3)4/h8-13,17H,6-7,14-16H2,1-5H3,(H,27,31)(H,28,30)(H,29,32). The number of benzene rings is 2. The second-order valence-electron chi connectivity index (χ2n) is 8.90. The summed E-state index contributed by atoms with van der Waals surface area (Å²) in [6.45, 7) is 9.09. The van der Waals surface area contributed by atoms with Gasteiger partial charge in [-0.3, -0.25) is 25.2 Å². The van der Waals surface area contributed by atoms with Gasteiger partial charge in [0.2, 0.25) is 5.91 Å². The molecule has 0 bridgehead atoms. The van der Waals surface area contributed by atoms with Gasteiger partial charge in [-0.05, 0) is 47.7 Å². The van der Waals surface area contributed by atoms with Gasteiger partial charge in [-0.1, -0.05) is 46.2 Å². The van der Waals surface area contributed by atoms with Gasteiger partial charge in [-0.2, -0.15) is 0 Å². The van der Waals surface area contributed by atoms with Crippen molar-refractivity contribution in [3.8, 4) is 11.5 Å². The molecule has 0 saturated heterocycles. The molecule has 0 aromatic heterocycles. The highest BCUT2D eigenvalue weighted by molar-refractivity contribution is 5.96. The van der Waals surface area contributed by atoms with Crippen LogP contribution in [-0.2, 0) is 10.2 Å². The molecule has 0 heterocycles. The average molecular weight is 470 g/mol. The van der Waals surface area contributed by atoms with Gasteiger partial charge in [0.25, 0.3) is 11.8 Å². The first kappa shape index (κ1) is 26.7. The zero-order chi connectivity index (χ0) is 25.1. The maximum Gasteiger partial charge on any atom is 0.269 e. The van der Waals surface area contributed by atoms with E-state index in [0.29, 0.717) is 29.2 Å². The van der Waals surface area contributed by atoms with E-state index in [1.807, 2.05) is 12.1 Å². The topological polar surface area (TPSA) is 106 Å². The van der Waals surface area contributed by atoms with E-state index in [2.05, 4.69) is 43.9 Å². The molecule has 184 valence electrons. The quantitative estimate of drug-likeness (QED) is 0.363. The van der Waals surface area contributed by atoms with E-state index < -0.39 is 11.8 Å². The van der Waals surface area contributed by atoms with Gasteiger partial charge in [0.1, 0.15) is 0 Å². The van der Waals surface area contributed by atoms with E-state index in [1.54, 1.807) is 30.3 Å². The average Bonchev–Trinajstić information content (AvgIpc) is 2.82. The molecule has 2 rings (SSSR count). The smallest absolute Gasteiger partial charge is 0.269 e. The molecule has 0 saturated carbocycles. The second kappa shape index (κ2) is 12.6. The van der Waals surface area contributed by atoms with Crippen molar-refractivity contribution in [3.05, 3.63) is 59.2 Å². The summed E-state index contributed by atoms with van der Waals surface area (Å²) >= 11 is 0. The molecular formula is C26H35N3O5. The number of methoxy groups -OCH3 is 1. The highest BCUT2D eigenvalue weighted by atomic mass is 16.5. The lowest BCUT2D eigenvalue weighted by molar-refractivity contribution is -0.121. The zero-order valence-electron chi connectivity index (χ0n) is 20.6. The van der Waals surface area contributed by atoms with Crippen molar-refractivity contribution in [2.75, 3.05) is 20.3 Å². The van der Waals surface area contributed by atoms with Gasteiger partial charge in [-0.15, -0.1) is 0 Å². The number of rotatable bonds is 10. The van der Waals surface area contributed by atoms with E-state index in [4.69, 9.17) is 9.47 Å². The third-order valence-corrected chi connectivity index (χ3v) is 5.15. The van der Waals surface area contributed by atoms with Crippen molar-refractivity contribution in [3.63, 3.8) is 0 Å². The second-order valence-corrected chi connectivity index (χ2v) is 8.90. The third-order valence-electron chi connectivity index (χ3n) is 5.15. The van der Waals surface area contributed by atoms with Crippen LogP contribution in [0.1, 0.15) is 73.2 Å². The monoisotopic (exact) mass is 469 g/mol. The number of hydrazine groups is 1. The fourth-order valence-corrected chi connectivity index (χ4v) is 3.03. The van der Waals surface area contributed by atoms with Crippen molar-refractivity contribution in [2.24, 2.45) is 0 Å². The van der Waals surface area contributed by atoms with E-state index in [9.17, 15) is 14.4 Å². The van der Waals surface area contributed by atoms with Gasteiger partial charge < -0.3 is 14.8 Å². The molecule has 0 radical (unpaired) electrons. The molecule has 0 unspecified atom stereocenters. The number of amides is 3. The van der Waals surface area contributed by atoms with Gasteiger partial charge in [-0.25, -0.2) is 0 Å². The number of unbranched alkanes of at least 4 members (excludes halogenated alkanes) is 1. The van der Waals surface area contributed by atoms with Crippen molar-refractivity contribution in [2.45, 2.75) is 52.4 Å². The fourth-order valence-electron chi connectivity index (χ4n) is 3.03. The third kappa shape index (κ3) is 8.10. The van der Waals surface area contributed by atoms with Crippen LogP contribution in [0.2, 0.25) is 0 Å². The fraction of sp³-hybridized carbons (Fsp3) is 0.423. The Morgan fingerprint density at radius 1 is 0.882 bits per heavy atom. The number of carbonyl (C=O) groups is 3. The Hall–Kier alpha value is -3.55. The Morgan fingerprint density at radius 3 is 2.18 bits per heavy atom. The maximum absolute atomic E-state index is 12.4. The normalized spacial score (nSPS) is 10.9. The summed E-state index contributed by atoms with van der Waals surface area (Å²) in [7, 11) is 1.50. The predicted octanol–water partition coefficient (Wildman–Crippen LogP) is 3.75. The number of carbonyl (C=O) groups excluding carboxylic acids is 3. The lowest BCUT2D eigenvalue weighted by atomic mass is 9.87. The molecule has 2 aromatic rings. The van der Waals surface area contributed by atoms with E-state index in [0.717, 1.165) is 18.4 Å². The lowest BCUT2D eigenvalue weighted by Crippen LogP contribution is -2.42. The molecule has 3 amide bonds. The Labute approximate surface area is 201 Å². The Bertz CT molecular complexity index is 981. The largest absolute Gasteiger partial charge is 0.493 e. The van der Waals surface area contributed by atoms with Crippen LogP contribution in [0.25, 0.3) is 0 Å². The van der Waals surface area contributed by atoms with Crippen LogP contribution in [0.3, 0.4) is 0 Å². The molecule has 34 heavy (non-hydrogen) atoms. The van der Waals surface area contributed by atoms with Gasteiger partial charge in [0.05, 0.1) is 13.7 Å². The van der Waals surface area contributed by atoms with Crippen LogP contribution in [0.4, 0.5) is 0 Å². The summed E-state index contributed by atoms with van der Waals surface area (Å²) in [5.41, 5.74) is 6.69. The molecule has 0 aliphatic heterocycles. The SMILES string of the molecule is CCCCOc1ccc(C(=O)NNC(=O)CCNC(=O)c2ccc(C(C)(C)C)cc2)cc1OC. The van der Waals surface area contributed by atoms with Crippen LogP contribution >= 0.6 is 0 Å². The minimum atomic E-state index is -0.491. The molecule has 8 heteroatoms. The van der Waals surface area contributed by atoms with Crippen molar-refractivity contribution in [1.29, 1.82) is 0 Å². The van der Waals surface area contributed by atoms with Crippen molar-refractivity contribution in [1.82, 2.24) is 16.2 Å². The van der Waals surface area contributed by atoms with Gasteiger partial charge in [0.15, 0.2) is 11.5 Å². The van der Waals surface area contributed by atoms with Gasteiger partial charge in [0, 0.05) is 24.1 Å². The summed E-state index contributed by atoms with van der Waals surface area (Å²) in [6, 6.07) is 12.2. The number of hydrogen-bond acceptors (Lipinski definition) is 5. The van der Waals surface area contributed by atoms with Crippen LogP contribution in [0.15, 0.2) is 42.5 Å². The summed E-state index contributed by atoms with van der Waals surface area (Å²) in [5, 5.41) is 2.71. The van der Waals surface area contributed by atoms with Crippen molar-refractivity contribution < 1.29 is 23.9 Å². The first-order valence-electron chi connectivity index (χ1n) is 11.4. The van der Waals surface area contributed by atoms with Crippen LogP contribution in [0, 0.1) is 0 Å². The number of nitrogens with one attached hydrogen (secondary N) is 3. The summed E-state index contributed by atoms with van der Waals surface area (Å²) in [6.07, 6.45) is 1.94. The molecular weight excluding hydrogens is 434 g/mol.